The standard InChI is InChI=1S/C7H16.C5H6N2/c1-3-5-7-6-4-2;6-5-2-1-3-7-4-5/h3-7H2,1-2H3;1-4H,6H2. The van der Waals surface area contributed by atoms with E-state index in [0.29, 0.717) is 5.69 Å². The van der Waals surface area contributed by atoms with Crippen molar-refractivity contribution in [2.45, 2.75) is 46.0 Å². The first-order chi connectivity index (χ1) is 6.81. The normalized spacial score (nSPS) is 9.00. The Bertz CT molecular complexity index is 193. The van der Waals surface area contributed by atoms with E-state index in [4.69, 9.17) is 5.73 Å². The zero-order chi connectivity index (χ0) is 10.6. The average Bonchev–Trinajstić information content (AvgIpc) is 2.21. The van der Waals surface area contributed by atoms with Gasteiger partial charge in [-0.3, -0.25) is 4.98 Å². The van der Waals surface area contributed by atoms with Crippen molar-refractivity contribution in [3.8, 4) is 0 Å². The van der Waals surface area contributed by atoms with Crippen LogP contribution in [0.3, 0.4) is 0 Å². The quantitative estimate of drug-likeness (QED) is 0.743. The van der Waals surface area contributed by atoms with Crippen LogP contribution in [-0.4, -0.2) is 4.98 Å². The summed E-state index contributed by atoms with van der Waals surface area (Å²) in [5, 5.41) is 0. The summed E-state index contributed by atoms with van der Waals surface area (Å²) in [6, 6.07) is 3.60. The van der Waals surface area contributed by atoms with Crippen LogP contribution in [-0.2, 0) is 0 Å². The van der Waals surface area contributed by atoms with Gasteiger partial charge in [-0.2, -0.15) is 0 Å². The lowest BCUT2D eigenvalue weighted by atomic mass is 10.2. The zero-order valence-electron chi connectivity index (χ0n) is 9.37. The van der Waals surface area contributed by atoms with Crippen molar-refractivity contribution in [1.29, 1.82) is 0 Å². The predicted octanol–water partition coefficient (Wildman–Crippen LogP) is 3.64. The van der Waals surface area contributed by atoms with E-state index in [-0.39, 0.29) is 0 Å². The number of rotatable bonds is 4. The maximum Gasteiger partial charge on any atom is 0.0500 e. The summed E-state index contributed by atoms with van der Waals surface area (Å²) in [5.74, 6) is 0. The molecule has 1 aromatic rings. The first-order valence-corrected chi connectivity index (χ1v) is 5.46. The molecule has 0 aliphatic heterocycles. The summed E-state index contributed by atoms with van der Waals surface area (Å²) in [4.78, 5) is 3.76. The fourth-order valence-corrected chi connectivity index (χ4v) is 1.05. The Labute approximate surface area is 87.6 Å². The number of nitrogens with two attached hydrogens (primary N) is 1. The Morgan fingerprint density at radius 1 is 1.14 bits per heavy atom. The Morgan fingerprint density at radius 3 is 2.07 bits per heavy atom. The molecule has 0 saturated carbocycles. The minimum absolute atomic E-state index is 0.711. The van der Waals surface area contributed by atoms with Gasteiger partial charge in [-0.25, -0.2) is 0 Å². The van der Waals surface area contributed by atoms with Crippen LogP contribution in [0.15, 0.2) is 24.5 Å². The van der Waals surface area contributed by atoms with Gasteiger partial charge in [0.05, 0.1) is 5.69 Å². The molecule has 80 valence electrons. The van der Waals surface area contributed by atoms with Gasteiger partial charge >= 0.3 is 0 Å². The molecule has 1 rings (SSSR count). The Balaban J connectivity index is 0.000000241. The molecular formula is C12H22N2. The summed E-state index contributed by atoms with van der Waals surface area (Å²) in [6.07, 6.45) is 10.3. The molecule has 0 amide bonds. The second kappa shape index (κ2) is 10.0. The van der Waals surface area contributed by atoms with Crippen LogP contribution in [0.4, 0.5) is 5.69 Å². The van der Waals surface area contributed by atoms with E-state index >= 15 is 0 Å². The Morgan fingerprint density at radius 2 is 1.79 bits per heavy atom. The van der Waals surface area contributed by atoms with Crippen LogP contribution in [0.1, 0.15) is 46.0 Å². The van der Waals surface area contributed by atoms with Gasteiger partial charge in [0.2, 0.25) is 0 Å². The second-order valence-electron chi connectivity index (χ2n) is 3.35. The summed E-state index contributed by atoms with van der Waals surface area (Å²) in [6.45, 7) is 4.49. The van der Waals surface area contributed by atoms with E-state index in [1.807, 2.05) is 0 Å². The van der Waals surface area contributed by atoms with Gasteiger partial charge in [0, 0.05) is 12.4 Å². The van der Waals surface area contributed by atoms with Gasteiger partial charge in [-0.1, -0.05) is 46.0 Å². The van der Waals surface area contributed by atoms with Crippen molar-refractivity contribution in [2.24, 2.45) is 0 Å². The van der Waals surface area contributed by atoms with E-state index in [1.165, 1.54) is 32.1 Å². The topological polar surface area (TPSA) is 38.9 Å². The molecule has 0 saturated heterocycles. The molecule has 0 unspecified atom stereocenters. The van der Waals surface area contributed by atoms with Crippen LogP contribution in [0, 0.1) is 0 Å². The summed E-state index contributed by atoms with van der Waals surface area (Å²) in [5.41, 5.74) is 6.01. The zero-order valence-corrected chi connectivity index (χ0v) is 9.37. The highest BCUT2D eigenvalue weighted by atomic mass is 14.7. The molecule has 0 bridgehead atoms. The lowest BCUT2D eigenvalue weighted by Crippen LogP contribution is -1.82. The third kappa shape index (κ3) is 9.04. The van der Waals surface area contributed by atoms with Gasteiger partial charge < -0.3 is 5.73 Å². The average molecular weight is 194 g/mol. The third-order valence-electron chi connectivity index (χ3n) is 1.89. The maximum absolute atomic E-state index is 5.30. The van der Waals surface area contributed by atoms with Crippen LogP contribution in [0.25, 0.3) is 0 Å². The minimum atomic E-state index is 0.711. The van der Waals surface area contributed by atoms with Gasteiger partial charge in [0.15, 0.2) is 0 Å². The SMILES string of the molecule is CCCCCCC.Nc1cccnc1. The molecular weight excluding hydrogens is 172 g/mol. The maximum atomic E-state index is 5.30. The largest absolute Gasteiger partial charge is 0.397 e. The second-order valence-corrected chi connectivity index (χ2v) is 3.35. The Kier molecular flexibility index (Phi) is 9.28. The van der Waals surface area contributed by atoms with Crippen molar-refractivity contribution in [2.75, 3.05) is 5.73 Å². The van der Waals surface area contributed by atoms with Gasteiger partial charge in [0.1, 0.15) is 0 Å². The minimum Gasteiger partial charge on any atom is -0.397 e. The summed E-state index contributed by atoms with van der Waals surface area (Å²) in [7, 11) is 0. The van der Waals surface area contributed by atoms with Crippen LogP contribution < -0.4 is 5.73 Å². The number of aromatic nitrogens is 1. The fraction of sp³-hybridized carbons (Fsp3) is 0.583. The molecule has 1 heterocycles. The highest BCUT2D eigenvalue weighted by Crippen LogP contribution is 2.00. The smallest absolute Gasteiger partial charge is 0.0500 e. The van der Waals surface area contributed by atoms with Crippen molar-refractivity contribution in [3.05, 3.63) is 24.5 Å². The fourth-order valence-electron chi connectivity index (χ4n) is 1.05. The number of anilines is 1. The van der Waals surface area contributed by atoms with Crippen molar-refractivity contribution in [1.82, 2.24) is 4.98 Å². The Hall–Kier alpha value is -1.05. The highest BCUT2D eigenvalue weighted by Gasteiger charge is 1.80. The van der Waals surface area contributed by atoms with E-state index in [1.54, 1.807) is 24.5 Å². The molecule has 0 aliphatic carbocycles. The van der Waals surface area contributed by atoms with Crippen molar-refractivity contribution >= 4 is 5.69 Å². The highest BCUT2D eigenvalue weighted by molar-refractivity contribution is 5.32. The molecule has 0 aromatic carbocycles. The molecule has 14 heavy (non-hydrogen) atoms. The molecule has 2 heteroatoms. The number of hydrogen-bond acceptors (Lipinski definition) is 2. The summed E-state index contributed by atoms with van der Waals surface area (Å²) >= 11 is 0. The van der Waals surface area contributed by atoms with Gasteiger partial charge in [-0.15, -0.1) is 0 Å². The van der Waals surface area contributed by atoms with Crippen molar-refractivity contribution in [3.63, 3.8) is 0 Å². The summed E-state index contributed by atoms with van der Waals surface area (Å²) < 4.78 is 0. The van der Waals surface area contributed by atoms with E-state index in [0.717, 1.165) is 0 Å². The number of hydrogen-bond donors (Lipinski definition) is 1. The van der Waals surface area contributed by atoms with Crippen molar-refractivity contribution < 1.29 is 0 Å². The van der Waals surface area contributed by atoms with Gasteiger partial charge in [0.25, 0.3) is 0 Å². The number of nitrogens with zero attached hydrogens (tertiary/aromatic N) is 1. The molecule has 0 aliphatic rings. The number of unbranched alkanes of at least 4 members (excludes halogenated alkanes) is 4. The van der Waals surface area contributed by atoms with Gasteiger partial charge in [-0.05, 0) is 12.1 Å². The molecule has 0 spiro atoms. The molecule has 0 atom stereocenters. The first-order valence-electron chi connectivity index (χ1n) is 5.46. The monoisotopic (exact) mass is 194 g/mol. The molecule has 2 nitrogen and oxygen atoms in total. The molecule has 2 N–H and O–H groups in total. The third-order valence-corrected chi connectivity index (χ3v) is 1.89. The number of nitrogen functional groups attached to an aromatic ring is 1. The van der Waals surface area contributed by atoms with Crippen LogP contribution in [0.2, 0.25) is 0 Å². The first kappa shape index (κ1) is 12.9. The molecule has 1 aromatic heterocycles. The molecule has 0 fully saturated rings. The van der Waals surface area contributed by atoms with Crippen LogP contribution >= 0.6 is 0 Å². The lowest BCUT2D eigenvalue weighted by Gasteiger charge is -1.90. The number of pyridine rings is 1. The predicted molar refractivity (Wildman–Crippen MR) is 63.1 cm³/mol. The lowest BCUT2D eigenvalue weighted by molar-refractivity contribution is 0.656. The van der Waals surface area contributed by atoms with E-state index in [9.17, 15) is 0 Å². The van der Waals surface area contributed by atoms with E-state index < -0.39 is 0 Å². The van der Waals surface area contributed by atoms with E-state index in [2.05, 4.69) is 18.8 Å². The van der Waals surface area contributed by atoms with Crippen LogP contribution in [0.5, 0.6) is 0 Å². The molecule has 0 radical (unpaired) electrons.